The van der Waals surface area contributed by atoms with E-state index in [2.05, 4.69) is 21.8 Å². The molecule has 0 saturated carbocycles. The predicted molar refractivity (Wildman–Crippen MR) is 79.5 cm³/mol. The first-order chi connectivity index (χ1) is 10.1. The highest BCUT2D eigenvalue weighted by Crippen LogP contribution is 2.12. The molecule has 1 heterocycles. The second-order valence-electron chi connectivity index (χ2n) is 4.69. The predicted octanol–water partition coefficient (Wildman–Crippen LogP) is 1.33. The van der Waals surface area contributed by atoms with Gasteiger partial charge in [0.05, 0.1) is 6.54 Å². The molecule has 0 atom stereocenters. The molecule has 0 fully saturated rings. The average Bonchev–Trinajstić information content (AvgIpc) is 2.98. The van der Waals surface area contributed by atoms with Crippen LogP contribution in [-0.2, 0) is 6.54 Å². The number of aliphatic hydroxyl groups excluding tert-OH is 1. The quantitative estimate of drug-likeness (QED) is 0.835. The number of aromatic amines is 1. The summed E-state index contributed by atoms with van der Waals surface area (Å²) in [6.07, 6.45) is 3.39. The fourth-order valence-electron chi connectivity index (χ4n) is 1.97. The molecule has 1 aromatic heterocycles. The zero-order chi connectivity index (χ0) is 15.2. The number of carbonyl (C=O) groups is 1. The maximum Gasteiger partial charge on any atom is 0.254 e. The largest absolute Gasteiger partial charge is 0.384 e. The van der Waals surface area contributed by atoms with Crippen molar-refractivity contribution in [2.45, 2.75) is 13.5 Å². The highest BCUT2D eigenvalue weighted by molar-refractivity contribution is 5.94. The van der Waals surface area contributed by atoms with E-state index < -0.39 is 0 Å². The number of aromatic nitrogens is 2. The lowest BCUT2D eigenvalue weighted by atomic mass is 10.0. The highest BCUT2D eigenvalue weighted by Gasteiger charge is 2.13. The summed E-state index contributed by atoms with van der Waals surface area (Å²) in [6.45, 7) is 2.15. The Morgan fingerprint density at radius 1 is 1.48 bits per heavy atom. The average molecular weight is 283 g/mol. The van der Waals surface area contributed by atoms with E-state index in [-0.39, 0.29) is 12.5 Å². The van der Waals surface area contributed by atoms with Crippen LogP contribution in [0.2, 0.25) is 0 Å². The number of hydrogen-bond acceptors (Lipinski definition) is 3. The van der Waals surface area contributed by atoms with Crippen LogP contribution in [0.5, 0.6) is 0 Å². The van der Waals surface area contributed by atoms with Gasteiger partial charge in [-0.05, 0) is 30.7 Å². The summed E-state index contributed by atoms with van der Waals surface area (Å²) < 4.78 is 0. The van der Waals surface area contributed by atoms with Crippen LogP contribution in [0.15, 0.2) is 30.6 Å². The first kappa shape index (κ1) is 14.8. The number of hydrogen-bond donors (Lipinski definition) is 2. The molecule has 1 amide bonds. The molecule has 0 unspecified atom stereocenters. The third kappa shape index (κ3) is 3.71. The summed E-state index contributed by atoms with van der Waals surface area (Å²) in [5.74, 6) is 6.13. The fraction of sp³-hybridized carbons (Fsp3) is 0.250. The molecule has 0 radical (unpaired) electrons. The Bertz CT molecular complexity index is 681. The van der Waals surface area contributed by atoms with Gasteiger partial charge in [0, 0.05) is 30.6 Å². The molecule has 2 aromatic rings. The van der Waals surface area contributed by atoms with E-state index in [9.17, 15) is 4.79 Å². The van der Waals surface area contributed by atoms with E-state index in [0.717, 1.165) is 17.0 Å². The number of amides is 1. The third-order valence-corrected chi connectivity index (χ3v) is 3.06. The zero-order valence-electron chi connectivity index (χ0n) is 12.1. The minimum absolute atomic E-state index is 0.0730. The first-order valence-electron chi connectivity index (χ1n) is 6.56. The van der Waals surface area contributed by atoms with Crippen LogP contribution in [0.25, 0.3) is 0 Å². The monoisotopic (exact) mass is 283 g/mol. The van der Waals surface area contributed by atoms with Crippen molar-refractivity contribution in [1.29, 1.82) is 0 Å². The van der Waals surface area contributed by atoms with Gasteiger partial charge in [0.25, 0.3) is 5.91 Å². The van der Waals surface area contributed by atoms with Gasteiger partial charge in [0.15, 0.2) is 0 Å². The van der Waals surface area contributed by atoms with Crippen LogP contribution >= 0.6 is 0 Å². The van der Waals surface area contributed by atoms with Crippen molar-refractivity contribution in [3.05, 3.63) is 53.1 Å². The normalized spacial score (nSPS) is 9.86. The Kier molecular flexibility index (Phi) is 4.75. The van der Waals surface area contributed by atoms with Crippen molar-refractivity contribution in [2.24, 2.45) is 0 Å². The Morgan fingerprint density at radius 3 is 2.90 bits per heavy atom. The zero-order valence-corrected chi connectivity index (χ0v) is 12.1. The van der Waals surface area contributed by atoms with E-state index in [1.807, 2.05) is 13.0 Å². The second-order valence-corrected chi connectivity index (χ2v) is 4.69. The molecule has 0 spiro atoms. The lowest BCUT2D eigenvalue weighted by Gasteiger charge is -2.16. The fourth-order valence-corrected chi connectivity index (χ4v) is 1.97. The molecule has 0 aliphatic carbocycles. The van der Waals surface area contributed by atoms with E-state index in [0.29, 0.717) is 12.1 Å². The molecule has 108 valence electrons. The Balaban J connectivity index is 2.14. The van der Waals surface area contributed by atoms with Crippen LogP contribution in [-0.4, -0.2) is 39.5 Å². The first-order valence-corrected chi connectivity index (χ1v) is 6.56. The van der Waals surface area contributed by atoms with E-state index >= 15 is 0 Å². The van der Waals surface area contributed by atoms with Crippen LogP contribution in [0.1, 0.15) is 27.3 Å². The van der Waals surface area contributed by atoms with Gasteiger partial charge in [0.1, 0.15) is 12.4 Å². The van der Waals surface area contributed by atoms with Gasteiger partial charge in [-0.3, -0.25) is 4.79 Å². The van der Waals surface area contributed by atoms with Gasteiger partial charge < -0.3 is 15.0 Å². The molecule has 21 heavy (non-hydrogen) atoms. The number of rotatable bonds is 3. The molecule has 2 rings (SSSR count). The Morgan fingerprint density at radius 2 is 2.29 bits per heavy atom. The number of aliphatic hydroxyl groups is 1. The van der Waals surface area contributed by atoms with Gasteiger partial charge in [0.2, 0.25) is 0 Å². The van der Waals surface area contributed by atoms with E-state index in [4.69, 9.17) is 5.11 Å². The number of imidazole rings is 1. The summed E-state index contributed by atoms with van der Waals surface area (Å²) in [5.41, 5.74) is 2.33. The summed E-state index contributed by atoms with van der Waals surface area (Å²) >= 11 is 0. The summed E-state index contributed by atoms with van der Waals surface area (Å²) in [4.78, 5) is 21.0. The standard InChI is InChI=1S/C16H17N3O2/c1-12-10-14(6-5-13(12)4-3-9-20)16(21)19(2)11-15-17-7-8-18-15/h5-8,10,20H,9,11H2,1-2H3,(H,17,18). The van der Waals surface area contributed by atoms with Crippen LogP contribution in [0, 0.1) is 18.8 Å². The number of H-pyrrole nitrogens is 1. The third-order valence-electron chi connectivity index (χ3n) is 3.06. The molecule has 0 bridgehead atoms. The van der Waals surface area contributed by atoms with Crippen molar-refractivity contribution in [2.75, 3.05) is 13.7 Å². The highest BCUT2D eigenvalue weighted by atomic mass is 16.2. The smallest absolute Gasteiger partial charge is 0.254 e. The van der Waals surface area contributed by atoms with Gasteiger partial charge in [-0.15, -0.1) is 0 Å². The Labute approximate surface area is 123 Å². The van der Waals surface area contributed by atoms with Gasteiger partial charge in [-0.25, -0.2) is 4.98 Å². The maximum atomic E-state index is 12.4. The lowest BCUT2D eigenvalue weighted by molar-refractivity contribution is 0.0782. The van der Waals surface area contributed by atoms with Gasteiger partial charge in [-0.2, -0.15) is 0 Å². The lowest BCUT2D eigenvalue weighted by Crippen LogP contribution is -2.26. The summed E-state index contributed by atoms with van der Waals surface area (Å²) in [6, 6.07) is 5.35. The van der Waals surface area contributed by atoms with Crippen molar-refractivity contribution < 1.29 is 9.90 Å². The number of nitrogens with zero attached hydrogens (tertiary/aromatic N) is 2. The molecule has 5 nitrogen and oxygen atoms in total. The summed E-state index contributed by atoms with van der Waals surface area (Å²) in [7, 11) is 1.74. The second kappa shape index (κ2) is 6.73. The van der Waals surface area contributed by atoms with Gasteiger partial charge in [-0.1, -0.05) is 11.8 Å². The molecule has 5 heteroatoms. The van der Waals surface area contributed by atoms with E-state index in [1.54, 1.807) is 36.5 Å². The van der Waals surface area contributed by atoms with Crippen LogP contribution in [0.3, 0.4) is 0 Å². The van der Waals surface area contributed by atoms with Crippen LogP contribution in [0.4, 0.5) is 0 Å². The summed E-state index contributed by atoms with van der Waals surface area (Å²) in [5, 5.41) is 8.71. The molecule has 1 aromatic carbocycles. The molecule has 0 saturated heterocycles. The maximum absolute atomic E-state index is 12.4. The minimum atomic E-state index is -0.175. The van der Waals surface area contributed by atoms with Crippen molar-refractivity contribution >= 4 is 5.91 Å². The SMILES string of the molecule is Cc1cc(C(=O)N(C)Cc2ncc[nH]2)ccc1C#CCO. The van der Waals surface area contributed by atoms with Crippen LogP contribution < -0.4 is 0 Å². The van der Waals surface area contributed by atoms with Crippen molar-refractivity contribution in [3.63, 3.8) is 0 Å². The minimum Gasteiger partial charge on any atom is -0.384 e. The number of carbonyl (C=O) groups excluding carboxylic acids is 1. The Hall–Kier alpha value is -2.58. The van der Waals surface area contributed by atoms with Gasteiger partial charge >= 0.3 is 0 Å². The van der Waals surface area contributed by atoms with Crippen molar-refractivity contribution in [1.82, 2.24) is 14.9 Å². The number of aryl methyl sites for hydroxylation is 1. The molecule has 2 N–H and O–H groups in total. The number of nitrogens with one attached hydrogen (secondary N) is 1. The van der Waals surface area contributed by atoms with Crippen molar-refractivity contribution in [3.8, 4) is 11.8 Å². The van der Waals surface area contributed by atoms with E-state index in [1.165, 1.54) is 0 Å². The molecular weight excluding hydrogens is 266 g/mol. The molecular formula is C16H17N3O2. The molecule has 0 aliphatic heterocycles. The topological polar surface area (TPSA) is 69.2 Å². The molecule has 0 aliphatic rings. The number of benzene rings is 1.